The lowest BCUT2D eigenvalue weighted by Gasteiger charge is -2.12. The second kappa shape index (κ2) is 5.29. The molecule has 0 fully saturated rings. The number of rotatable bonds is 3. The van der Waals surface area contributed by atoms with E-state index in [9.17, 15) is 4.39 Å². The number of nitrogens with one attached hydrogen (secondary N) is 1. The SMILES string of the molecule is CC(C)c1nc(Cc2ccccc2F)nc2c1CNC2. The van der Waals surface area contributed by atoms with E-state index in [1.807, 2.05) is 6.07 Å². The summed E-state index contributed by atoms with van der Waals surface area (Å²) in [6, 6.07) is 6.81. The first-order chi connectivity index (χ1) is 9.65. The molecule has 3 nitrogen and oxygen atoms in total. The molecule has 0 amide bonds. The van der Waals surface area contributed by atoms with Crippen molar-refractivity contribution in [3.05, 3.63) is 58.4 Å². The molecule has 4 heteroatoms. The van der Waals surface area contributed by atoms with Crippen LogP contribution < -0.4 is 5.32 Å². The van der Waals surface area contributed by atoms with Crippen LogP contribution in [-0.2, 0) is 19.5 Å². The number of hydrogen-bond acceptors (Lipinski definition) is 3. The molecule has 1 aromatic heterocycles. The molecule has 1 aliphatic rings. The molecule has 0 saturated carbocycles. The van der Waals surface area contributed by atoms with E-state index in [-0.39, 0.29) is 5.82 Å². The zero-order chi connectivity index (χ0) is 14.1. The van der Waals surface area contributed by atoms with Gasteiger partial charge in [0.05, 0.1) is 11.4 Å². The van der Waals surface area contributed by atoms with E-state index in [1.165, 1.54) is 11.6 Å². The average molecular weight is 271 g/mol. The van der Waals surface area contributed by atoms with Crippen molar-refractivity contribution >= 4 is 0 Å². The summed E-state index contributed by atoms with van der Waals surface area (Å²) >= 11 is 0. The van der Waals surface area contributed by atoms with Gasteiger partial charge in [0.1, 0.15) is 11.6 Å². The highest BCUT2D eigenvalue weighted by Gasteiger charge is 2.20. The lowest BCUT2D eigenvalue weighted by atomic mass is 10.0. The third kappa shape index (κ3) is 2.43. The second-order valence-electron chi connectivity index (χ2n) is 5.48. The molecule has 2 aromatic rings. The summed E-state index contributed by atoms with van der Waals surface area (Å²) in [6.07, 6.45) is 0.444. The van der Waals surface area contributed by atoms with Crippen molar-refractivity contribution in [3.63, 3.8) is 0 Å². The summed E-state index contributed by atoms with van der Waals surface area (Å²) in [5, 5.41) is 3.31. The van der Waals surface area contributed by atoms with Crippen molar-refractivity contribution in [2.75, 3.05) is 0 Å². The number of benzene rings is 1. The van der Waals surface area contributed by atoms with Gasteiger partial charge in [0.15, 0.2) is 0 Å². The van der Waals surface area contributed by atoms with Crippen LogP contribution in [0.2, 0.25) is 0 Å². The smallest absolute Gasteiger partial charge is 0.133 e. The van der Waals surface area contributed by atoms with E-state index in [0.29, 0.717) is 23.7 Å². The Hall–Kier alpha value is -1.81. The number of nitrogens with zero attached hydrogens (tertiary/aromatic N) is 2. The molecular formula is C16H18FN3. The molecule has 1 N–H and O–H groups in total. The quantitative estimate of drug-likeness (QED) is 0.932. The molecule has 0 atom stereocenters. The monoisotopic (exact) mass is 271 g/mol. The molecule has 0 unspecified atom stereocenters. The van der Waals surface area contributed by atoms with Crippen molar-refractivity contribution in [3.8, 4) is 0 Å². The minimum atomic E-state index is -0.194. The van der Waals surface area contributed by atoms with Gasteiger partial charge in [-0.05, 0) is 17.5 Å². The van der Waals surface area contributed by atoms with Gasteiger partial charge in [-0.25, -0.2) is 14.4 Å². The Morgan fingerprint density at radius 2 is 2.00 bits per heavy atom. The fourth-order valence-electron chi connectivity index (χ4n) is 2.62. The molecule has 0 spiro atoms. The van der Waals surface area contributed by atoms with Crippen LogP contribution >= 0.6 is 0 Å². The van der Waals surface area contributed by atoms with E-state index in [0.717, 1.165) is 24.5 Å². The number of halogens is 1. The summed E-state index contributed by atoms with van der Waals surface area (Å²) in [5.41, 5.74) is 4.02. The number of aromatic nitrogens is 2. The van der Waals surface area contributed by atoms with E-state index in [2.05, 4.69) is 29.1 Å². The largest absolute Gasteiger partial charge is 0.307 e. The fourth-order valence-corrected chi connectivity index (χ4v) is 2.62. The van der Waals surface area contributed by atoms with Crippen LogP contribution in [-0.4, -0.2) is 9.97 Å². The van der Waals surface area contributed by atoms with Gasteiger partial charge >= 0.3 is 0 Å². The molecule has 3 rings (SSSR count). The third-order valence-electron chi connectivity index (χ3n) is 3.62. The fraction of sp³-hybridized carbons (Fsp3) is 0.375. The molecule has 0 saturated heterocycles. The Kier molecular flexibility index (Phi) is 3.49. The normalized spacial score (nSPS) is 13.8. The maximum Gasteiger partial charge on any atom is 0.133 e. The van der Waals surface area contributed by atoms with Crippen LogP contribution in [0.3, 0.4) is 0 Å². The van der Waals surface area contributed by atoms with Crippen molar-refractivity contribution in [2.24, 2.45) is 0 Å². The van der Waals surface area contributed by atoms with Crippen molar-refractivity contribution in [2.45, 2.75) is 39.3 Å². The predicted octanol–water partition coefficient (Wildman–Crippen LogP) is 2.93. The molecule has 0 radical (unpaired) electrons. The van der Waals surface area contributed by atoms with Gasteiger partial charge in [0, 0.05) is 25.1 Å². The van der Waals surface area contributed by atoms with Crippen LogP contribution in [0.15, 0.2) is 24.3 Å². The molecule has 0 bridgehead atoms. The summed E-state index contributed by atoms with van der Waals surface area (Å²) in [5.74, 6) is 0.869. The lowest BCUT2D eigenvalue weighted by molar-refractivity contribution is 0.611. The van der Waals surface area contributed by atoms with Gasteiger partial charge in [-0.2, -0.15) is 0 Å². The minimum Gasteiger partial charge on any atom is -0.307 e. The van der Waals surface area contributed by atoms with Crippen LogP contribution in [0.25, 0.3) is 0 Å². The van der Waals surface area contributed by atoms with Crippen molar-refractivity contribution in [1.82, 2.24) is 15.3 Å². The molecule has 2 heterocycles. The standard InChI is InChI=1S/C16H18FN3/c1-10(2)16-12-8-18-9-14(12)19-15(20-16)7-11-5-3-4-6-13(11)17/h3-6,10,18H,7-9H2,1-2H3. The van der Waals surface area contributed by atoms with Gasteiger partial charge in [-0.3, -0.25) is 0 Å². The summed E-state index contributed by atoms with van der Waals surface area (Å²) < 4.78 is 13.7. The van der Waals surface area contributed by atoms with Crippen LogP contribution in [0, 0.1) is 5.82 Å². The van der Waals surface area contributed by atoms with E-state index >= 15 is 0 Å². The minimum absolute atomic E-state index is 0.194. The van der Waals surface area contributed by atoms with Gasteiger partial charge in [0.2, 0.25) is 0 Å². The Labute approximate surface area is 118 Å². The second-order valence-corrected chi connectivity index (χ2v) is 5.48. The average Bonchev–Trinajstić information content (AvgIpc) is 2.88. The topological polar surface area (TPSA) is 37.8 Å². The first-order valence-electron chi connectivity index (χ1n) is 6.98. The van der Waals surface area contributed by atoms with Gasteiger partial charge in [-0.1, -0.05) is 32.0 Å². The van der Waals surface area contributed by atoms with Gasteiger partial charge < -0.3 is 5.32 Å². The Morgan fingerprint density at radius 3 is 2.75 bits per heavy atom. The Bertz CT molecular complexity index is 638. The van der Waals surface area contributed by atoms with Crippen molar-refractivity contribution in [1.29, 1.82) is 0 Å². The summed E-state index contributed by atoms with van der Waals surface area (Å²) in [4.78, 5) is 9.25. The highest BCUT2D eigenvalue weighted by Crippen LogP contribution is 2.24. The first-order valence-corrected chi connectivity index (χ1v) is 6.98. The highest BCUT2D eigenvalue weighted by molar-refractivity contribution is 5.32. The lowest BCUT2D eigenvalue weighted by Crippen LogP contribution is -2.08. The van der Waals surface area contributed by atoms with E-state index < -0.39 is 0 Å². The molecule has 104 valence electrons. The van der Waals surface area contributed by atoms with Crippen LogP contribution in [0.1, 0.15) is 48.1 Å². The van der Waals surface area contributed by atoms with Gasteiger partial charge in [0.25, 0.3) is 0 Å². The van der Waals surface area contributed by atoms with Crippen LogP contribution in [0.4, 0.5) is 4.39 Å². The third-order valence-corrected chi connectivity index (χ3v) is 3.62. The highest BCUT2D eigenvalue weighted by atomic mass is 19.1. The Morgan fingerprint density at radius 1 is 1.20 bits per heavy atom. The van der Waals surface area contributed by atoms with E-state index in [4.69, 9.17) is 0 Å². The van der Waals surface area contributed by atoms with E-state index in [1.54, 1.807) is 12.1 Å². The number of fused-ring (bicyclic) bond motifs is 1. The molecule has 1 aliphatic heterocycles. The maximum atomic E-state index is 13.7. The molecular weight excluding hydrogens is 253 g/mol. The maximum absolute atomic E-state index is 13.7. The van der Waals surface area contributed by atoms with Gasteiger partial charge in [-0.15, -0.1) is 0 Å². The first kappa shape index (κ1) is 13.2. The zero-order valence-electron chi connectivity index (χ0n) is 11.8. The summed E-state index contributed by atoms with van der Waals surface area (Å²) in [7, 11) is 0. The molecule has 1 aromatic carbocycles. The molecule has 20 heavy (non-hydrogen) atoms. The predicted molar refractivity (Wildman–Crippen MR) is 75.9 cm³/mol. The van der Waals surface area contributed by atoms with Crippen molar-refractivity contribution < 1.29 is 4.39 Å². The summed E-state index contributed by atoms with van der Waals surface area (Å²) in [6.45, 7) is 5.88. The zero-order valence-corrected chi connectivity index (χ0v) is 11.8. The molecule has 0 aliphatic carbocycles. The number of hydrogen-bond donors (Lipinski definition) is 1. The Balaban J connectivity index is 1.99. The van der Waals surface area contributed by atoms with Crippen LogP contribution in [0.5, 0.6) is 0 Å².